The number of benzodiazepines with no additional fused rings is 1. The number of rotatable bonds is 3. The number of halogens is 4. The molecule has 3 amide bonds. The smallest absolute Gasteiger partial charge is 0.311 e. The first-order valence-electron chi connectivity index (χ1n) is 10.1. The fourth-order valence-corrected chi connectivity index (χ4v) is 3.55. The summed E-state index contributed by atoms with van der Waals surface area (Å²) in [4.78, 5) is 31.5. The van der Waals surface area contributed by atoms with Gasteiger partial charge in [-0.05, 0) is 24.3 Å². The summed E-state index contributed by atoms with van der Waals surface area (Å²) in [5.74, 6) is -2.02. The molecular weight excluding hydrogens is 452 g/mol. The minimum Gasteiger partial charge on any atom is -0.311 e. The van der Waals surface area contributed by atoms with Crippen LogP contribution in [0.5, 0.6) is 0 Å². The highest BCUT2D eigenvalue weighted by Gasteiger charge is 2.35. The second-order valence-corrected chi connectivity index (χ2v) is 7.45. The van der Waals surface area contributed by atoms with Gasteiger partial charge >= 0.3 is 12.2 Å². The Labute approximate surface area is 191 Å². The largest absolute Gasteiger partial charge is 0.419 e. The van der Waals surface area contributed by atoms with E-state index in [1.807, 2.05) is 6.07 Å². The molecule has 6 nitrogen and oxygen atoms in total. The Kier molecular flexibility index (Phi) is 6.06. The topological polar surface area (TPSA) is 73.8 Å². The van der Waals surface area contributed by atoms with Crippen molar-refractivity contribution in [2.24, 2.45) is 4.99 Å². The lowest BCUT2D eigenvalue weighted by Gasteiger charge is -2.21. The maximum Gasteiger partial charge on any atom is 0.419 e. The number of benzene rings is 3. The van der Waals surface area contributed by atoms with E-state index in [-0.39, 0.29) is 5.69 Å². The van der Waals surface area contributed by atoms with Crippen LogP contribution in [-0.4, -0.2) is 30.9 Å². The fourth-order valence-electron chi connectivity index (χ4n) is 3.55. The van der Waals surface area contributed by atoms with Gasteiger partial charge < -0.3 is 15.5 Å². The number of fused-ring (bicyclic) bond motifs is 1. The highest BCUT2D eigenvalue weighted by atomic mass is 19.4. The molecule has 1 aliphatic rings. The van der Waals surface area contributed by atoms with Crippen LogP contribution in [-0.2, 0) is 11.0 Å². The van der Waals surface area contributed by atoms with Crippen LogP contribution in [0.1, 0.15) is 16.7 Å². The number of carbonyl (C=O) groups is 2. The average Bonchev–Trinajstić information content (AvgIpc) is 2.91. The SMILES string of the molecule is CN1C(=O)C(NC(=O)Nc2ccc(F)c(C(F)(F)F)c2)N=C(c2ccccc2)c2ccccc21. The highest BCUT2D eigenvalue weighted by Crippen LogP contribution is 2.33. The number of amides is 3. The summed E-state index contributed by atoms with van der Waals surface area (Å²) in [7, 11) is 1.53. The van der Waals surface area contributed by atoms with Crippen LogP contribution >= 0.6 is 0 Å². The molecule has 1 atom stereocenters. The van der Waals surface area contributed by atoms with Gasteiger partial charge in [-0.2, -0.15) is 13.2 Å². The molecule has 0 saturated carbocycles. The highest BCUT2D eigenvalue weighted by molar-refractivity contribution is 6.20. The van der Waals surface area contributed by atoms with Crippen molar-refractivity contribution in [1.82, 2.24) is 5.32 Å². The molecule has 174 valence electrons. The third-order valence-corrected chi connectivity index (χ3v) is 5.19. The number of aliphatic imine (C=N–C) groups is 1. The van der Waals surface area contributed by atoms with E-state index in [4.69, 9.17) is 0 Å². The quantitative estimate of drug-likeness (QED) is 0.540. The molecule has 34 heavy (non-hydrogen) atoms. The Morgan fingerprint density at radius 1 is 1.00 bits per heavy atom. The molecule has 0 bridgehead atoms. The van der Waals surface area contributed by atoms with E-state index in [0.717, 1.165) is 6.07 Å². The van der Waals surface area contributed by atoms with Crippen molar-refractivity contribution in [3.05, 3.63) is 95.3 Å². The number of nitrogens with zero attached hydrogens (tertiary/aromatic N) is 2. The Hall–Kier alpha value is -4.21. The molecule has 0 spiro atoms. The van der Waals surface area contributed by atoms with E-state index < -0.39 is 35.7 Å². The predicted molar refractivity (Wildman–Crippen MR) is 119 cm³/mol. The van der Waals surface area contributed by atoms with E-state index in [2.05, 4.69) is 15.6 Å². The van der Waals surface area contributed by atoms with Gasteiger partial charge in [0.2, 0.25) is 6.17 Å². The van der Waals surface area contributed by atoms with Crippen molar-refractivity contribution in [3.63, 3.8) is 0 Å². The van der Waals surface area contributed by atoms with E-state index in [9.17, 15) is 27.2 Å². The number of nitrogens with one attached hydrogen (secondary N) is 2. The Morgan fingerprint density at radius 2 is 1.68 bits per heavy atom. The van der Waals surface area contributed by atoms with Crippen LogP contribution in [0.2, 0.25) is 0 Å². The number of urea groups is 1. The summed E-state index contributed by atoms with van der Waals surface area (Å²) in [6.07, 6.45) is -6.30. The van der Waals surface area contributed by atoms with Crippen molar-refractivity contribution in [1.29, 1.82) is 0 Å². The Morgan fingerprint density at radius 3 is 2.38 bits per heavy atom. The van der Waals surface area contributed by atoms with Gasteiger partial charge in [-0.15, -0.1) is 0 Å². The van der Waals surface area contributed by atoms with Crippen LogP contribution in [0.15, 0.2) is 77.8 Å². The van der Waals surface area contributed by atoms with Crippen molar-refractivity contribution in [3.8, 4) is 0 Å². The molecule has 0 aromatic heterocycles. The van der Waals surface area contributed by atoms with Crippen molar-refractivity contribution in [2.45, 2.75) is 12.3 Å². The summed E-state index contributed by atoms with van der Waals surface area (Å²) >= 11 is 0. The first-order chi connectivity index (χ1) is 16.1. The zero-order valence-electron chi connectivity index (χ0n) is 17.7. The number of para-hydroxylation sites is 1. The van der Waals surface area contributed by atoms with Gasteiger partial charge in [-0.3, -0.25) is 4.79 Å². The first kappa shape index (κ1) is 23.0. The van der Waals surface area contributed by atoms with Gasteiger partial charge in [0.05, 0.1) is 17.0 Å². The van der Waals surface area contributed by atoms with Crippen molar-refractivity contribution >= 4 is 29.0 Å². The molecule has 3 aromatic carbocycles. The zero-order chi connectivity index (χ0) is 24.5. The van der Waals surface area contributed by atoms with E-state index in [0.29, 0.717) is 34.7 Å². The predicted octanol–water partition coefficient (Wildman–Crippen LogP) is 4.81. The molecule has 0 aliphatic carbocycles. The molecule has 3 aromatic rings. The Bertz CT molecular complexity index is 1280. The minimum absolute atomic E-state index is 0.295. The summed E-state index contributed by atoms with van der Waals surface area (Å²) in [6.45, 7) is 0. The second kappa shape index (κ2) is 8.97. The zero-order valence-corrected chi connectivity index (χ0v) is 17.7. The number of likely N-dealkylation sites (N-methyl/N-ethyl adjacent to an activating group) is 1. The van der Waals surface area contributed by atoms with Gasteiger partial charge in [0.1, 0.15) is 5.82 Å². The van der Waals surface area contributed by atoms with Gasteiger partial charge in [0.15, 0.2) is 0 Å². The number of hydrogen-bond donors (Lipinski definition) is 2. The minimum atomic E-state index is -4.93. The number of alkyl halides is 3. The van der Waals surface area contributed by atoms with Crippen LogP contribution < -0.4 is 15.5 Å². The van der Waals surface area contributed by atoms with Gasteiger partial charge in [0, 0.05) is 23.9 Å². The van der Waals surface area contributed by atoms with Gasteiger partial charge in [0.25, 0.3) is 5.91 Å². The number of anilines is 2. The van der Waals surface area contributed by atoms with E-state index >= 15 is 0 Å². The molecule has 0 radical (unpaired) electrons. The normalized spacial score (nSPS) is 15.8. The summed E-state index contributed by atoms with van der Waals surface area (Å²) in [5.41, 5.74) is 0.598. The summed E-state index contributed by atoms with van der Waals surface area (Å²) in [5, 5.41) is 4.59. The summed E-state index contributed by atoms with van der Waals surface area (Å²) in [6, 6.07) is 17.2. The maximum absolute atomic E-state index is 13.5. The average molecular weight is 470 g/mol. The standard InChI is InChI=1S/C24H18F4N4O2/c1-32-19-10-6-5-9-16(19)20(14-7-3-2-4-8-14)30-21(22(32)33)31-23(34)29-15-11-12-18(25)17(13-15)24(26,27)28/h2-13,21H,1H3,(H2,29,31,34). The van der Waals surface area contributed by atoms with Crippen molar-refractivity contribution < 1.29 is 27.2 Å². The second-order valence-electron chi connectivity index (χ2n) is 7.45. The third kappa shape index (κ3) is 4.61. The monoisotopic (exact) mass is 470 g/mol. The molecule has 10 heteroatoms. The van der Waals surface area contributed by atoms with E-state index in [1.165, 1.54) is 11.9 Å². The lowest BCUT2D eigenvalue weighted by molar-refractivity contribution is -0.139. The van der Waals surface area contributed by atoms with Crippen LogP contribution in [0.25, 0.3) is 0 Å². The molecule has 1 heterocycles. The lowest BCUT2D eigenvalue weighted by atomic mass is 10.0. The number of carbonyl (C=O) groups excluding carboxylic acids is 2. The Balaban J connectivity index is 1.65. The fraction of sp³-hybridized carbons (Fsp3) is 0.125. The lowest BCUT2D eigenvalue weighted by Crippen LogP contribution is -2.47. The molecule has 1 aliphatic heterocycles. The first-order valence-corrected chi connectivity index (χ1v) is 10.1. The maximum atomic E-state index is 13.5. The molecular formula is C24H18F4N4O2. The molecule has 0 fully saturated rings. The van der Waals surface area contributed by atoms with Gasteiger partial charge in [-0.1, -0.05) is 48.5 Å². The van der Waals surface area contributed by atoms with Crippen LogP contribution in [0, 0.1) is 5.82 Å². The molecule has 4 rings (SSSR count). The van der Waals surface area contributed by atoms with Crippen LogP contribution in [0.3, 0.4) is 0 Å². The van der Waals surface area contributed by atoms with Crippen LogP contribution in [0.4, 0.5) is 33.7 Å². The third-order valence-electron chi connectivity index (χ3n) is 5.19. The van der Waals surface area contributed by atoms with Gasteiger partial charge in [-0.25, -0.2) is 14.2 Å². The van der Waals surface area contributed by atoms with E-state index in [1.54, 1.807) is 48.5 Å². The molecule has 0 saturated heterocycles. The molecule has 1 unspecified atom stereocenters. The number of hydrogen-bond acceptors (Lipinski definition) is 3. The van der Waals surface area contributed by atoms with Crippen molar-refractivity contribution in [2.75, 3.05) is 17.3 Å². The molecule has 2 N–H and O–H groups in total. The summed E-state index contributed by atoms with van der Waals surface area (Å²) < 4.78 is 52.5.